The smallest absolute Gasteiger partial charge is 0.462 e. The van der Waals surface area contributed by atoms with Crippen molar-refractivity contribution in [3.8, 4) is 0 Å². The van der Waals surface area contributed by atoms with E-state index < -0.39 is 38.6 Å². The Bertz CT molecular complexity index is 1250. The van der Waals surface area contributed by atoms with Crippen molar-refractivity contribution in [2.75, 3.05) is 26.4 Å². The molecule has 0 heterocycles. The van der Waals surface area contributed by atoms with Crippen LogP contribution in [0.25, 0.3) is 0 Å². The summed E-state index contributed by atoms with van der Waals surface area (Å²) >= 11 is 0. The Morgan fingerprint density at radius 3 is 1.80 bits per heavy atom. The van der Waals surface area contributed by atoms with Crippen LogP contribution in [0.5, 0.6) is 0 Å². The molecule has 11 heteroatoms. The first-order valence-corrected chi connectivity index (χ1v) is 22.3. The molecule has 0 amide bonds. The molecule has 3 atom stereocenters. The van der Waals surface area contributed by atoms with Crippen molar-refractivity contribution in [2.45, 2.75) is 148 Å². The number of rotatable bonds is 37. The maximum atomic E-state index is 12.6. The Kier molecular flexibility index (Phi) is 37.9. The quantitative estimate of drug-likeness (QED) is 0.0182. The van der Waals surface area contributed by atoms with Crippen molar-refractivity contribution in [3.63, 3.8) is 0 Å². The fourth-order valence-corrected chi connectivity index (χ4v) is 5.71. The molecule has 0 saturated carbocycles. The SMILES string of the molecule is CC/C=C\C/C=C\C/C=C\C/C=C\C/C=C\C=C/C(O)CCC(=O)OC[C@H](COP(=O)(O)OCCN)OC(=O)CCCCCCC/C=C\C/C=C\CCCCC. The van der Waals surface area contributed by atoms with Gasteiger partial charge in [-0.15, -0.1) is 0 Å². The third-order valence-corrected chi connectivity index (χ3v) is 9.06. The van der Waals surface area contributed by atoms with Crippen LogP contribution in [0, 0.1) is 0 Å². The van der Waals surface area contributed by atoms with Crippen molar-refractivity contribution >= 4 is 19.8 Å². The van der Waals surface area contributed by atoms with Gasteiger partial charge in [-0.1, -0.05) is 143 Å². The average molecular weight is 804 g/mol. The standard InChI is InChI=1S/C45H74NO9P/c1-3-5-7-9-11-13-15-17-19-21-22-24-26-28-30-32-34-42(47)36-37-44(48)52-40-43(41-54-56(50,51)53-39-38-46)55-45(49)35-33-31-29-27-25-23-20-18-16-14-12-10-8-6-4-2/h5,7,11-14,17-20,22,24,28,30,32,34,42-43,47H,3-4,6,8-10,15-16,21,23,25-27,29,31,33,35-41,46H2,1-2H3,(H,50,51)/b7-5-,13-11-,14-12-,19-17-,20-18-,24-22-,30-28-,34-32-/t42?,43-/m1/s1. The average Bonchev–Trinajstić information content (AvgIpc) is 3.18. The lowest BCUT2D eigenvalue weighted by Gasteiger charge is -2.20. The Labute approximate surface area is 339 Å². The van der Waals surface area contributed by atoms with Gasteiger partial charge in [-0.05, 0) is 77.0 Å². The van der Waals surface area contributed by atoms with Gasteiger partial charge in [0.15, 0.2) is 6.10 Å². The maximum Gasteiger partial charge on any atom is 0.472 e. The molecule has 0 aromatic rings. The highest BCUT2D eigenvalue weighted by atomic mass is 31.2. The molecule has 56 heavy (non-hydrogen) atoms. The minimum absolute atomic E-state index is 0.0147. The zero-order valence-corrected chi connectivity index (χ0v) is 35.3. The summed E-state index contributed by atoms with van der Waals surface area (Å²) in [6.07, 6.45) is 47.7. The number of allylic oxidation sites excluding steroid dienone is 15. The number of hydrogen-bond acceptors (Lipinski definition) is 9. The van der Waals surface area contributed by atoms with Crippen LogP contribution in [0.4, 0.5) is 0 Å². The predicted octanol–water partition coefficient (Wildman–Crippen LogP) is 10.8. The van der Waals surface area contributed by atoms with Gasteiger partial charge in [0, 0.05) is 19.4 Å². The van der Waals surface area contributed by atoms with E-state index >= 15 is 0 Å². The van der Waals surface area contributed by atoms with Crippen molar-refractivity contribution in [1.82, 2.24) is 0 Å². The van der Waals surface area contributed by atoms with Crippen LogP contribution in [0.3, 0.4) is 0 Å². The summed E-state index contributed by atoms with van der Waals surface area (Å²) in [6.45, 7) is 3.26. The van der Waals surface area contributed by atoms with Crippen LogP contribution in [-0.4, -0.2) is 60.5 Å². The first kappa shape index (κ1) is 52.9. The normalized spacial score (nSPS) is 14.9. The molecule has 0 aliphatic heterocycles. The summed E-state index contributed by atoms with van der Waals surface area (Å²) in [4.78, 5) is 34.8. The number of hydrogen-bond donors (Lipinski definition) is 3. The van der Waals surface area contributed by atoms with Crippen molar-refractivity contribution in [1.29, 1.82) is 0 Å². The lowest BCUT2D eigenvalue weighted by atomic mass is 10.1. The molecular formula is C45H74NO9P. The summed E-state index contributed by atoms with van der Waals surface area (Å²) in [6, 6.07) is 0. The molecule has 0 aromatic heterocycles. The number of ether oxygens (including phenoxy) is 2. The third kappa shape index (κ3) is 39.1. The molecule has 0 radical (unpaired) electrons. The minimum atomic E-state index is -4.44. The summed E-state index contributed by atoms with van der Waals surface area (Å²) in [5.41, 5.74) is 5.33. The van der Waals surface area contributed by atoms with Crippen molar-refractivity contribution in [2.24, 2.45) is 5.73 Å². The van der Waals surface area contributed by atoms with Crippen molar-refractivity contribution in [3.05, 3.63) is 97.2 Å². The van der Waals surface area contributed by atoms with Crippen LogP contribution in [0.2, 0.25) is 0 Å². The van der Waals surface area contributed by atoms with E-state index in [1.54, 1.807) is 12.2 Å². The number of esters is 2. The second kappa shape index (κ2) is 40.1. The maximum absolute atomic E-state index is 12.6. The Balaban J connectivity index is 4.46. The summed E-state index contributed by atoms with van der Waals surface area (Å²) in [5.74, 6) is -1.14. The predicted molar refractivity (Wildman–Crippen MR) is 230 cm³/mol. The van der Waals surface area contributed by atoms with Gasteiger partial charge < -0.3 is 25.2 Å². The van der Waals surface area contributed by atoms with Gasteiger partial charge in [-0.25, -0.2) is 4.57 Å². The van der Waals surface area contributed by atoms with Gasteiger partial charge in [0.05, 0.1) is 19.3 Å². The van der Waals surface area contributed by atoms with Crippen LogP contribution in [0.15, 0.2) is 97.2 Å². The Morgan fingerprint density at radius 1 is 0.643 bits per heavy atom. The summed E-state index contributed by atoms with van der Waals surface area (Å²) < 4.78 is 32.5. The number of aliphatic hydroxyl groups excluding tert-OH is 1. The van der Waals surface area contributed by atoms with Crippen LogP contribution in [-0.2, 0) is 32.7 Å². The number of aliphatic hydroxyl groups is 1. The second-order valence-corrected chi connectivity index (χ2v) is 14.8. The zero-order valence-electron chi connectivity index (χ0n) is 34.4. The molecule has 0 aliphatic carbocycles. The molecule has 0 spiro atoms. The third-order valence-electron chi connectivity index (χ3n) is 8.07. The first-order valence-electron chi connectivity index (χ1n) is 20.8. The molecule has 0 rings (SSSR count). The van der Waals surface area contributed by atoms with E-state index in [1.807, 2.05) is 12.2 Å². The zero-order chi connectivity index (χ0) is 41.2. The van der Waals surface area contributed by atoms with Gasteiger partial charge in [0.2, 0.25) is 0 Å². The molecular weight excluding hydrogens is 729 g/mol. The van der Waals surface area contributed by atoms with E-state index in [4.69, 9.17) is 24.3 Å². The van der Waals surface area contributed by atoms with E-state index in [0.717, 1.165) is 77.0 Å². The van der Waals surface area contributed by atoms with Gasteiger partial charge in [-0.3, -0.25) is 18.6 Å². The summed E-state index contributed by atoms with van der Waals surface area (Å²) in [5, 5.41) is 10.3. The van der Waals surface area contributed by atoms with Crippen molar-refractivity contribution < 1.29 is 42.7 Å². The van der Waals surface area contributed by atoms with Gasteiger partial charge in [0.25, 0.3) is 0 Å². The molecule has 0 bridgehead atoms. The van der Waals surface area contributed by atoms with Gasteiger partial charge in [0.1, 0.15) is 6.61 Å². The monoisotopic (exact) mass is 804 g/mol. The van der Waals surface area contributed by atoms with Gasteiger partial charge in [-0.2, -0.15) is 0 Å². The molecule has 4 N–H and O–H groups in total. The van der Waals surface area contributed by atoms with E-state index in [2.05, 4.69) is 86.8 Å². The fourth-order valence-electron chi connectivity index (χ4n) is 4.95. The highest BCUT2D eigenvalue weighted by molar-refractivity contribution is 7.47. The van der Waals surface area contributed by atoms with E-state index in [0.29, 0.717) is 6.42 Å². The molecule has 2 unspecified atom stereocenters. The molecule has 0 aromatic carbocycles. The molecule has 0 aliphatic rings. The number of unbranched alkanes of at least 4 members (excludes halogenated alkanes) is 8. The molecule has 0 saturated heterocycles. The fraction of sp³-hybridized carbons (Fsp3) is 0.600. The van der Waals surface area contributed by atoms with Crippen LogP contribution in [0.1, 0.15) is 136 Å². The number of nitrogens with two attached hydrogens (primary N) is 1. The minimum Gasteiger partial charge on any atom is -0.462 e. The molecule has 0 fully saturated rings. The number of phosphoric acid groups is 1. The highest BCUT2D eigenvalue weighted by Crippen LogP contribution is 2.43. The highest BCUT2D eigenvalue weighted by Gasteiger charge is 2.26. The molecule has 10 nitrogen and oxygen atoms in total. The topological polar surface area (TPSA) is 155 Å². The number of carbonyl (C=O) groups excluding carboxylic acids is 2. The van der Waals surface area contributed by atoms with Crippen LogP contribution < -0.4 is 5.73 Å². The first-order chi connectivity index (χ1) is 27.2. The largest absolute Gasteiger partial charge is 0.472 e. The number of carbonyl (C=O) groups is 2. The van der Waals surface area contributed by atoms with E-state index in [-0.39, 0.29) is 39.0 Å². The lowest BCUT2D eigenvalue weighted by Crippen LogP contribution is -2.29. The van der Waals surface area contributed by atoms with E-state index in [9.17, 15) is 24.2 Å². The van der Waals surface area contributed by atoms with Crippen LogP contribution >= 0.6 is 7.82 Å². The number of phosphoric ester groups is 1. The molecule has 318 valence electrons. The second-order valence-electron chi connectivity index (χ2n) is 13.3. The summed E-state index contributed by atoms with van der Waals surface area (Å²) in [7, 11) is -4.44. The lowest BCUT2D eigenvalue weighted by molar-refractivity contribution is -0.161. The van der Waals surface area contributed by atoms with Gasteiger partial charge >= 0.3 is 19.8 Å². The van der Waals surface area contributed by atoms with E-state index in [1.165, 1.54) is 19.3 Å². The Morgan fingerprint density at radius 2 is 1.20 bits per heavy atom. The Hall–Kier alpha value is -3.11.